The van der Waals surface area contributed by atoms with Gasteiger partial charge in [0.15, 0.2) is 11.5 Å². The molecule has 3 aromatic rings. The van der Waals surface area contributed by atoms with Crippen LogP contribution in [0, 0.1) is 0 Å². The molecule has 1 unspecified atom stereocenters. The fourth-order valence-corrected chi connectivity index (χ4v) is 2.63. The number of ether oxygens (including phenoxy) is 2. The molecule has 2 N–H and O–H groups in total. The van der Waals surface area contributed by atoms with Crippen LogP contribution in [-0.4, -0.2) is 28.6 Å². The highest BCUT2D eigenvalue weighted by Crippen LogP contribution is 2.31. The normalized spacial score (nSPS) is 15.6. The van der Waals surface area contributed by atoms with Crippen LogP contribution in [-0.2, 0) is 4.79 Å². The summed E-state index contributed by atoms with van der Waals surface area (Å²) in [5.41, 5.74) is 1.70. The summed E-state index contributed by atoms with van der Waals surface area (Å²) in [6.45, 7) is 0.146. The van der Waals surface area contributed by atoms with Crippen LogP contribution in [0.2, 0.25) is 5.02 Å². The molecule has 2 heterocycles. The summed E-state index contributed by atoms with van der Waals surface area (Å²) in [6.07, 6.45) is 0.908. The number of fused-ring (bicyclic) bond motifs is 1. The number of nitrogens with zero attached hydrogens (tertiary/aromatic N) is 1. The third kappa shape index (κ3) is 3.29. The van der Waals surface area contributed by atoms with Gasteiger partial charge in [-0.2, -0.15) is 0 Å². The van der Waals surface area contributed by atoms with Crippen LogP contribution in [0.4, 0.5) is 5.95 Å². The maximum Gasteiger partial charge on any atom is 0.271 e. The second-order valence-electron chi connectivity index (χ2n) is 5.51. The molecule has 1 amide bonds. The van der Waals surface area contributed by atoms with Gasteiger partial charge in [-0.05, 0) is 29.8 Å². The first kappa shape index (κ1) is 15.5. The van der Waals surface area contributed by atoms with Gasteiger partial charge >= 0.3 is 0 Å². The number of H-pyrrole nitrogens is 1. The van der Waals surface area contributed by atoms with Crippen molar-refractivity contribution in [3.63, 3.8) is 0 Å². The van der Waals surface area contributed by atoms with Gasteiger partial charge in [0, 0.05) is 5.02 Å². The molecule has 0 radical (unpaired) electrons. The van der Waals surface area contributed by atoms with Crippen LogP contribution in [0.25, 0.3) is 11.3 Å². The Kier molecular flexibility index (Phi) is 4.03. The van der Waals surface area contributed by atoms with Gasteiger partial charge < -0.3 is 14.5 Å². The number of amides is 1. The molecule has 1 atom stereocenters. The molecule has 0 bridgehead atoms. The Morgan fingerprint density at radius 1 is 1.16 bits per heavy atom. The van der Waals surface area contributed by atoms with E-state index in [1.807, 2.05) is 24.3 Å². The Morgan fingerprint density at radius 3 is 2.72 bits per heavy atom. The van der Waals surface area contributed by atoms with E-state index in [-0.39, 0.29) is 12.5 Å². The summed E-state index contributed by atoms with van der Waals surface area (Å²) in [4.78, 5) is 19.6. The smallest absolute Gasteiger partial charge is 0.271 e. The molecule has 1 aromatic heterocycles. The highest BCUT2D eigenvalue weighted by Gasteiger charge is 2.27. The molecular formula is C18H14ClN3O3. The second kappa shape index (κ2) is 6.49. The number of rotatable bonds is 3. The van der Waals surface area contributed by atoms with Crippen LogP contribution in [0.1, 0.15) is 0 Å². The van der Waals surface area contributed by atoms with Crippen molar-refractivity contribution in [3.8, 4) is 22.8 Å². The van der Waals surface area contributed by atoms with E-state index in [4.69, 9.17) is 21.1 Å². The van der Waals surface area contributed by atoms with Crippen molar-refractivity contribution < 1.29 is 14.3 Å². The first-order chi connectivity index (χ1) is 12.2. The zero-order chi connectivity index (χ0) is 17.2. The molecule has 4 rings (SSSR count). The highest BCUT2D eigenvalue weighted by atomic mass is 35.5. The Balaban J connectivity index is 1.44. The number of hydrogen-bond acceptors (Lipinski definition) is 4. The molecule has 126 valence electrons. The summed E-state index contributed by atoms with van der Waals surface area (Å²) in [5, 5.41) is 3.37. The molecule has 1 aliphatic rings. The van der Waals surface area contributed by atoms with Crippen LogP contribution in [0.5, 0.6) is 11.5 Å². The summed E-state index contributed by atoms with van der Waals surface area (Å²) < 4.78 is 11.2. The van der Waals surface area contributed by atoms with E-state index in [9.17, 15) is 4.79 Å². The molecule has 0 saturated carbocycles. The van der Waals surface area contributed by atoms with Crippen molar-refractivity contribution in [2.45, 2.75) is 6.10 Å². The average molecular weight is 356 g/mol. The van der Waals surface area contributed by atoms with E-state index in [1.165, 1.54) is 0 Å². The zero-order valence-electron chi connectivity index (χ0n) is 13.0. The summed E-state index contributed by atoms with van der Waals surface area (Å²) in [7, 11) is 0. The summed E-state index contributed by atoms with van der Waals surface area (Å²) in [6, 6.07) is 14.6. The van der Waals surface area contributed by atoms with Crippen LogP contribution in [0.3, 0.4) is 0 Å². The lowest BCUT2D eigenvalue weighted by molar-refractivity contribution is -0.125. The van der Waals surface area contributed by atoms with Crippen LogP contribution < -0.4 is 14.8 Å². The number of aromatic amines is 1. The van der Waals surface area contributed by atoms with Gasteiger partial charge in [0.2, 0.25) is 12.1 Å². The lowest BCUT2D eigenvalue weighted by Gasteiger charge is -2.25. The third-order valence-corrected chi connectivity index (χ3v) is 4.03. The molecule has 6 nitrogen and oxygen atoms in total. The van der Waals surface area contributed by atoms with E-state index < -0.39 is 6.10 Å². The Hall–Kier alpha value is -2.99. The second-order valence-corrected chi connectivity index (χ2v) is 5.94. The van der Waals surface area contributed by atoms with Crippen LogP contribution in [0.15, 0.2) is 54.7 Å². The number of aromatic nitrogens is 2. The monoisotopic (exact) mass is 355 g/mol. The maximum atomic E-state index is 12.4. The van der Waals surface area contributed by atoms with Crippen LogP contribution >= 0.6 is 11.6 Å². The van der Waals surface area contributed by atoms with Crippen molar-refractivity contribution in [1.82, 2.24) is 9.97 Å². The van der Waals surface area contributed by atoms with Gasteiger partial charge in [-0.15, -0.1) is 0 Å². The molecule has 0 aliphatic carbocycles. The van der Waals surface area contributed by atoms with Gasteiger partial charge in [-0.3, -0.25) is 10.1 Å². The fourth-order valence-electron chi connectivity index (χ4n) is 2.51. The number of benzene rings is 2. The molecule has 1 aliphatic heterocycles. The van der Waals surface area contributed by atoms with Crippen molar-refractivity contribution in [2.75, 3.05) is 11.9 Å². The summed E-state index contributed by atoms with van der Waals surface area (Å²) in [5.74, 6) is 1.20. The average Bonchev–Trinajstić information content (AvgIpc) is 3.10. The zero-order valence-corrected chi connectivity index (χ0v) is 13.8. The van der Waals surface area contributed by atoms with Gasteiger partial charge in [0.25, 0.3) is 5.91 Å². The first-order valence-corrected chi connectivity index (χ1v) is 8.07. The van der Waals surface area contributed by atoms with E-state index in [0.29, 0.717) is 22.5 Å². The molecule has 25 heavy (non-hydrogen) atoms. The van der Waals surface area contributed by atoms with Crippen molar-refractivity contribution in [1.29, 1.82) is 0 Å². The molecule has 0 spiro atoms. The minimum Gasteiger partial charge on any atom is -0.485 e. The Labute approximate surface area is 148 Å². The number of hydrogen-bond donors (Lipinski definition) is 2. The highest BCUT2D eigenvalue weighted by molar-refractivity contribution is 6.30. The Bertz CT molecular complexity index is 908. The van der Waals surface area contributed by atoms with Gasteiger partial charge in [0.05, 0.1) is 11.9 Å². The van der Waals surface area contributed by atoms with Crippen molar-refractivity contribution in [3.05, 3.63) is 59.8 Å². The van der Waals surface area contributed by atoms with Gasteiger partial charge in [0.1, 0.15) is 6.61 Å². The molecular weight excluding hydrogens is 342 g/mol. The van der Waals surface area contributed by atoms with Gasteiger partial charge in [-0.1, -0.05) is 35.9 Å². The lowest BCUT2D eigenvalue weighted by Crippen LogP contribution is -2.40. The number of anilines is 1. The predicted octanol–water partition coefficient (Wildman–Crippen LogP) is 3.51. The maximum absolute atomic E-state index is 12.4. The topological polar surface area (TPSA) is 76.2 Å². The van der Waals surface area contributed by atoms with E-state index in [1.54, 1.807) is 30.5 Å². The first-order valence-electron chi connectivity index (χ1n) is 7.69. The number of carbonyl (C=O) groups is 1. The van der Waals surface area contributed by atoms with Crippen molar-refractivity contribution in [2.24, 2.45) is 0 Å². The van der Waals surface area contributed by atoms with E-state index >= 15 is 0 Å². The molecule has 0 fully saturated rings. The van der Waals surface area contributed by atoms with Gasteiger partial charge in [-0.25, -0.2) is 4.98 Å². The summed E-state index contributed by atoms with van der Waals surface area (Å²) >= 11 is 5.89. The molecule has 7 heteroatoms. The number of nitrogens with one attached hydrogen (secondary N) is 2. The molecule has 0 saturated heterocycles. The van der Waals surface area contributed by atoms with E-state index in [2.05, 4.69) is 15.3 Å². The predicted molar refractivity (Wildman–Crippen MR) is 94.0 cm³/mol. The third-order valence-electron chi connectivity index (χ3n) is 3.77. The standard InChI is InChI=1S/C18H14ClN3O3/c19-12-7-5-11(6-8-12)13-9-20-18(21-13)22-17(23)16-10-24-14-3-1-2-4-15(14)25-16/h1-9,16H,10H2,(H2,20,21,22,23). The largest absolute Gasteiger partial charge is 0.485 e. The Morgan fingerprint density at radius 2 is 1.92 bits per heavy atom. The van der Waals surface area contributed by atoms with Crippen molar-refractivity contribution >= 4 is 23.5 Å². The number of imidazole rings is 1. The number of halogens is 1. The number of para-hydroxylation sites is 2. The molecule has 2 aromatic carbocycles. The quantitative estimate of drug-likeness (QED) is 0.753. The SMILES string of the molecule is O=C(Nc1ncc(-c2ccc(Cl)cc2)[nH]1)C1COc2ccccc2O1. The minimum absolute atomic E-state index is 0.146. The minimum atomic E-state index is -0.737. The fraction of sp³-hybridized carbons (Fsp3) is 0.111. The lowest BCUT2D eigenvalue weighted by atomic mass is 10.2. The number of carbonyl (C=O) groups excluding carboxylic acids is 1. The van der Waals surface area contributed by atoms with E-state index in [0.717, 1.165) is 11.3 Å².